The molecule has 12 heteroatoms. The summed E-state index contributed by atoms with van der Waals surface area (Å²) < 4.78 is 27.2. The zero-order chi connectivity index (χ0) is 25.4. The summed E-state index contributed by atoms with van der Waals surface area (Å²) in [6.45, 7) is -0.709. The van der Waals surface area contributed by atoms with E-state index < -0.39 is 54.2 Å². The predicted molar refractivity (Wildman–Crippen MR) is 119 cm³/mol. The first kappa shape index (κ1) is 24.6. The minimum absolute atomic E-state index is 0.0533. The molecule has 2 aromatic carbocycles. The first-order chi connectivity index (χ1) is 16.7. The largest absolute Gasteiger partial charge is 0.507 e. The lowest BCUT2D eigenvalue weighted by molar-refractivity contribution is -0.277. The van der Waals surface area contributed by atoms with E-state index in [1.807, 2.05) is 0 Å². The van der Waals surface area contributed by atoms with Crippen LogP contribution in [0.1, 0.15) is 0 Å². The molecule has 0 spiro atoms. The van der Waals surface area contributed by atoms with Crippen LogP contribution in [0.4, 0.5) is 0 Å². The van der Waals surface area contributed by atoms with Gasteiger partial charge in [0.2, 0.25) is 17.5 Å². The van der Waals surface area contributed by atoms with Crippen molar-refractivity contribution in [3.63, 3.8) is 0 Å². The fraction of sp³-hybridized carbons (Fsp3) is 0.348. The van der Waals surface area contributed by atoms with Gasteiger partial charge in [0.1, 0.15) is 46.9 Å². The molecule has 0 aliphatic carbocycles. The summed E-state index contributed by atoms with van der Waals surface area (Å²) in [7, 11) is 2.69. The summed E-state index contributed by atoms with van der Waals surface area (Å²) in [6.07, 6.45) is -8.20. The Bertz CT molecular complexity index is 1280. The third-order valence-electron chi connectivity index (χ3n) is 5.67. The van der Waals surface area contributed by atoms with Crippen molar-refractivity contribution in [1.29, 1.82) is 0 Å². The van der Waals surface area contributed by atoms with Crippen LogP contribution in [0.2, 0.25) is 0 Å². The molecule has 188 valence electrons. The van der Waals surface area contributed by atoms with Crippen LogP contribution in [0.15, 0.2) is 39.5 Å². The van der Waals surface area contributed by atoms with Gasteiger partial charge >= 0.3 is 0 Å². The molecule has 6 N–H and O–H groups in total. The number of phenolic OH excluding ortho intramolecular Hbond substituents is 2. The van der Waals surface area contributed by atoms with Crippen LogP contribution in [0.3, 0.4) is 0 Å². The van der Waals surface area contributed by atoms with Gasteiger partial charge in [0, 0.05) is 17.7 Å². The number of hydrogen-bond acceptors (Lipinski definition) is 12. The average Bonchev–Trinajstić information content (AvgIpc) is 2.85. The number of aromatic hydroxyl groups is 2. The van der Waals surface area contributed by atoms with Gasteiger partial charge < -0.3 is 54.0 Å². The number of rotatable bonds is 6. The van der Waals surface area contributed by atoms with Gasteiger partial charge in [0.05, 0.1) is 20.8 Å². The zero-order valence-electron chi connectivity index (χ0n) is 18.6. The zero-order valence-corrected chi connectivity index (χ0v) is 18.6. The minimum atomic E-state index is -1.81. The summed E-state index contributed by atoms with van der Waals surface area (Å²) in [5, 5.41) is 60.1. The minimum Gasteiger partial charge on any atom is -0.507 e. The standard InChI is InChI=1S/C23H24O12/c1-31-10-6-12(26)16-14(7-10)33-21(9-3-4-11(25)13(5-9)32-2)22(18(16)28)35-23-20(30)19(29)17(27)15(8-24)34-23/h3-7,15,17,19-20,23-27,29-30H,8H2,1-2H3/t15-,17+,19-,20-,23+/m1/s1. The molecule has 1 aliphatic rings. The lowest BCUT2D eigenvalue weighted by Gasteiger charge is -2.39. The monoisotopic (exact) mass is 492 g/mol. The normalized spacial score (nSPS) is 24.3. The molecule has 12 nitrogen and oxygen atoms in total. The maximum atomic E-state index is 13.5. The van der Waals surface area contributed by atoms with E-state index in [1.54, 1.807) is 0 Å². The van der Waals surface area contributed by atoms with Gasteiger partial charge in [0.25, 0.3) is 0 Å². The Kier molecular flexibility index (Phi) is 6.74. The number of aliphatic hydroxyl groups excluding tert-OH is 4. The van der Waals surface area contributed by atoms with Gasteiger partial charge in [-0.25, -0.2) is 0 Å². The SMILES string of the molecule is COc1cc(O)c2c(=O)c(O[C@@H]3O[C@H](CO)[C@H](O)[C@@H](O)[C@H]3O)c(-c3ccc(O)c(OC)c3)oc2c1. The molecule has 0 saturated carbocycles. The van der Waals surface area contributed by atoms with E-state index in [9.17, 15) is 35.4 Å². The highest BCUT2D eigenvalue weighted by molar-refractivity contribution is 5.88. The lowest BCUT2D eigenvalue weighted by Crippen LogP contribution is -2.60. The van der Waals surface area contributed by atoms with Crippen molar-refractivity contribution in [2.24, 2.45) is 0 Å². The van der Waals surface area contributed by atoms with E-state index in [0.717, 1.165) is 0 Å². The molecule has 1 aromatic heterocycles. The predicted octanol–water partition coefficient (Wildman–Crippen LogP) is 0.0671. The summed E-state index contributed by atoms with van der Waals surface area (Å²) in [4.78, 5) is 13.5. The van der Waals surface area contributed by atoms with Gasteiger partial charge in [-0.3, -0.25) is 4.79 Å². The Morgan fingerprint density at radius 2 is 1.69 bits per heavy atom. The third-order valence-corrected chi connectivity index (χ3v) is 5.67. The molecule has 0 unspecified atom stereocenters. The summed E-state index contributed by atoms with van der Waals surface area (Å²) in [6, 6.07) is 6.62. The molecule has 0 amide bonds. The van der Waals surface area contributed by atoms with Gasteiger partial charge in [-0.15, -0.1) is 0 Å². The molecule has 3 aromatic rings. The van der Waals surface area contributed by atoms with Gasteiger partial charge in [-0.1, -0.05) is 0 Å². The maximum Gasteiger partial charge on any atom is 0.239 e. The smallest absolute Gasteiger partial charge is 0.239 e. The Balaban J connectivity index is 1.92. The first-order valence-electron chi connectivity index (χ1n) is 10.4. The molecule has 1 saturated heterocycles. The Hall–Kier alpha value is -3.55. The van der Waals surface area contributed by atoms with Crippen molar-refractivity contribution >= 4 is 11.0 Å². The van der Waals surface area contributed by atoms with Crippen LogP contribution >= 0.6 is 0 Å². The summed E-state index contributed by atoms with van der Waals surface area (Å²) in [5.74, 6) is -1.11. The topological polar surface area (TPSA) is 189 Å². The molecule has 0 bridgehead atoms. The average molecular weight is 492 g/mol. The number of methoxy groups -OCH3 is 2. The van der Waals surface area contributed by atoms with E-state index in [2.05, 4.69) is 0 Å². The quantitative estimate of drug-likeness (QED) is 0.272. The van der Waals surface area contributed by atoms with Gasteiger partial charge in [-0.2, -0.15) is 0 Å². The van der Waals surface area contributed by atoms with Crippen molar-refractivity contribution in [2.45, 2.75) is 30.7 Å². The van der Waals surface area contributed by atoms with Crippen LogP contribution < -0.4 is 19.6 Å². The molecule has 1 fully saturated rings. The fourth-order valence-electron chi connectivity index (χ4n) is 3.77. The van der Waals surface area contributed by atoms with E-state index >= 15 is 0 Å². The van der Waals surface area contributed by atoms with Crippen LogP contribution in [0.5, 0.6) is 28.7 Å². The number of fused-ring (bicyclic) bond motifs is 1. The van der Waals surface area contributed by atoms with Crippen molar-refractivity contribution in [2.75, 3.05) is 20.8 Å². The number of phenols is 2. The van der Waals surface area contributed by atoms with Gasteiger partial charge in [-0.05, 0) is 18.2 Å². The molecule has 5 atom stereocenters. The second kappa shape index (κ2) is 9.60. The molecule has 1 aliphatic heterocycles. The van der Waals surface area contributed by atoms with E-state index in [-0.39, 0.29) is 39.5 Å². The second-order valence-electron chi connectivity index (χ2n) is 7.81. The van der Waals surface area contributed by atoms with Crippen molar-refractivity contribution in [3.8, 4) is 40.1 Å². The highest BCUT2D eigenvalue weighted by Gasteiger charge is 2.45. The maximum absolute atomic E-state index is 13.5. The number of benzene rings is 2. The van der Waals surface area contributed by atoms with Crippen LogP contribution in [-0.4, -0.2) is 82.2 Å². The Morgan fingerprint density at radius 3 is 2.34 bits per heavy atom. The number of ether oxygens (including phenoxy) is 4. The molecular weight excluding hydrogens is 468 g/mol. The lowest BCUT2D eigenvalue weighted by atomic mass is 9.99. The van der Waals surface area contributed by atoms with Crippen LogP contribution in [0, 0.1) is 0 Å². The van der Waals surface area contributed by atoms with Crippen molar-refractivity contribution in [1.82, 2.24) is 0 Å². The molecule has 0 radical (unpaired) electrons. The number of aliphatic hydroxyl groups is 4. The second-order valence-corrected chi connectivity index (χ2v) is 7.81. The Morgan fingerprint density at radius 1 is 0.943 bits per heavy atom. The number of hydrogen-bond donors (Lipinski definition) is 6. The Labute approximate surface area is 197 Å². The molecule has 35 heavy (non-hydrogen) atoms. The van der Waals surface area contributed by atoms with E-state index in [4.69, 9.17) is 23.4 Å². The highest BCUT2D eigenvalue weighted by atomic mass is 16.7. The summed E-state index contributed by atoms with van der Waals surface area (Å²) in [5.41, 5.74) is -0.707. The van der Waals surface area contributed by atoms with Crippen molar-refractivity contribution in [3.05, 3.63) is 40.6 Å². The summed E-state index contributed by atoms with van der Waals surface area (Å²) >= 11 is 0. The van der Waals surface area contributed by atoms with E-state index in [1.165, 1.54) is 44.6 Å². The van der Waals surface area contributed by atoms with Crippen molar-refractivity contribution < 1.29 is 54.0 Å². The third kappa shape index (κ3) is 4.33. The van der Waals surface area contributed by atoms with E-state index in [0.29, 0.717) is 0 Å². The van der Waals surface area contributed by atoms with Crippen LogP contribution in [-0.2, 0) is 4.74 Å². The fourth-order valence-corrected chi connectivity index (χ4v) is 3.77. The highest BCUT2D eigenvalue weighted by Crippen LogP contribution is 2.39. The molecule has 2 heterocycles. The first-order valence-corrected chi connectivity index (χ1v) is 10.4. The van der Waals surface area contributed by atoms with Crippen LogP contribution in [0.25, 0.3) is 22.3 Å². The molecular formula is C23H24O12. The molecule has 4 rings (SSSR count). The van der Waals surface area contributed by atoms with Gasteiger partial charge in [0.15, 0.2) is 17.3 Å².